The molecule has 1 atom stereocenters. The number of halogens is 2. The molecule has 6 nitrogen and oxygen atoms in total. The van der Waals surface area contributed by atoms with Crippen LogP contribution >= 0.6 is 34.4 Å². The molecule has 1 aliphatic carbocycles. The van der Waals surface area contributed by atoms with E-state index in [9.17, 15) is 9.90 Å². The molecule has 0 spiro atoms. The lowest BCUT2D eigenvalue weighted by molar-refractivity contribution is -0.594. The highest BCUT2D eigenvalue weighted by atomic mass is 127. The smallest absolute Gasteiger partial charge is 0.292 e. The summed E-state index contributed by atoms with van der Waals surface area (Å²) < 4.78 is 0.901. The fourth-order valence-electron chi connectivity index (χ4n) is 3.20. The quantitative estimate of drug-likeness (QED) is 0.420. The minimum absolute atomic E-state index is 0.0889. The Morgan fingerprint density at radius 2 is 2.18 bits per heavy atom. The molecule has 0 saturated heterocycles. The van der Waals surface area contributed by atoms with E-state index in [0.717, 1.165) is 40.9 Å². The van der Waals surface area contributed by atoms with Crippen molar-refractivity contribution in [3.05, 3.63) is 23.8 Å². The SMILES string of the molecule is O=C([O-])NCC1CCC(C2=C3C=NC=C[N+]3(Cl)C(I)=N2)CC1. The maximum Gasteiger partial charge on any atom is 0.292 e. The van der Waals surface area contributed by atoms with Crippen molar-refractivity contribution in [3.8, 4) is 0 Å². The molecule has 3 rings (SSSR count). The Bertz CT molecular complexity index is 608. The van der Waals surface area contributed by atoms with Gasteiger partial charge in [0.05, 0.1) is 35.0 Å². The second-order valence-electron chi connectivity index (χ2n) is 5.75. The van der Waals surface area contributed by atoms with Crippen LogP contribution in [-0.4, -0.2) is 26.7 Å². The van der Waals surface area contributed by atoms with Gasteiger partial charge in [0, 0.05) is 12.5 Å². The maximum absolute atomic E-state index is 10.5. The van der Waals surface area contributed by atoms with E-state index >= 15 is 0 Å². The molecule has 0 radical (unpaired) electrons. The Morgan fingerprint density at radius 3 is 2.86 bits per heavy atom. The Morgan fingerprint density at radius 1 is 1.45 bits per heavy atom. The molecule has 118 valence electrons. The summed E-state index contributed by atoms with van der Waals surface area (Å²) >= 11 is 8.80. The molecule has 8 heteroatoms. The van der Waals surface area contributed by atoms with Gasteiger partial charge >= 0.3 is 0 Å². The fourth-order valence-corrected chi connectivity index (χ4v) is 4.10. The van der Waals surface area contributed by atoms with E-state index in [2.05, 4.69) is 37.9 Å². The average molecular weight is 435 g/mol. The molecule has 2 aliphatic heterocycles. The number of amidine groups is 1. The zero-order valence-corrected chi connectivity index (χ0v) is 14.7. The third-order valence-electron chi connectivity index (χ3n) is 4.42. The lowest BCUT2D eigenvalue weighted by Gasteiger charge is -2.29. The number of quaternary nitrogens is 1. The first-order chi connectivity index (χ1) is 10.5. The number of fused-ring (bicyclic) bond motifs is 1. The van der Waals surface area contributed by atoms with E-state index in [4.69, 9.17) is 11.8 Å². The van der Waals surface area contributed by atoms with E-state index < -0.39 is 6.09 Å². The molecule has 0 aromatic carbocycles. The van der Waals surface area contributed by atoms with E-state index in [1.54, 1.807) is 12.4 Å². The van der Waals surface area contributed by atoms with Crippen LogP contribution < -0.4 is 10.4 Å². The number of amides is 1. The van der Waals surface area contributed by atoms with Crippen molar-refractivity contribution >= 4 is 50.5 Å². The molecular weight excluding hydrogens is 419 g/mol. The van der Waals surface area contributed by atoms with Gasteiger partial charge in [0.1, 0.15) is 18.0 Å². The molecule has 1 fully saturated rings. The summed E-state index contributed by atoms with van der Waals surface area (Å²) in [6.07, 6.45) is 8.03. The van der Waals surface area contributed by atoms with Gasteiger partial charge in [-0.25, -0.2) is 0 Å². The zero-order chi connectivity index (χ0) is 15.7. The Kier molecular flexibility index (Phi) is 4.56. The van der Waals surface area contributed by atoms with Gasteiger partial charge in [0.15, 0.2) is 11.8 Å². The van der Waals surface area contributed by atoms with Crippen LogP contribution in [0.15, 0.2) is 33.8 Å². The Labute approximate surface area is 147 Å². The number of hydrogen-bond donors (Lipinski definition) is 1. The predicted molar refractivity (Wildman–Crippen MR) is 91.1 cm³/mol. The van der Waals surface area contributed by atoms with Crippen molar-refractivity contribution < 1.29 is 13.9 Å². The van der Waals surface area contributed by atoms with Gasteiger partial charge in [-0.05, 0) is 31.6 Å². The molecule has 0 aromatic heterocycles. The van der Waals surface area contributed by atoms with Gasteiger partial charge in [0.2, 0.25) is 5.70 Å². The first kappa shape index (κ1) is 15.9. The van der Waals surface area contributed by atoms with Crippen molar-refractivity contribution in [3.63, 3.8) is 0 Å². The molecular formula is C14H16ClIN4O2. The number of rotatable bonds is 3. The molecule has 0 aromatic rings. The minimum Gasteiger partial charge on any atom is -0.530 e. The van der Waals surface area contributed by atoms with Crippen LogP contribution in [0.25, 0.3) is 0 Å². The van der Waals surface area contributed by atoms with Crippen LogP contribution in [0, 0.1) is 11.8 Å². The van der Waals surface area contributed by atoms with E-state index in [0.29, 0.717) is 18.4 Å². The van der Waals surface area contributed by atoms with Crippen molar-refractivity contribution in [2.75, 3.05) is 6.54 Å². The standard InChI is InChI=1S/C14H16ClIN4O2/c15-20-6-5-17-8-11(20)12(19-13(20)16)10-3-1-9(2-4-10)7-18-14(21)22/h5-6,8-10,18H,1-4,7H2. The van der Waals surface area contributed by atoms with Crippen molar-refractivity contribution in [1.82, 2.24) is 5.32 Å². The average Bonchev–Trinajstić information content (AvgIpc) is 2.78. The summed E-state index contributed by atoms with van der Waals surface area (Å²) in [5.41, 5.74) is 1.96. The lowest BCUT2D eigenvalue weighted by atomic mass is 9.80. The monoisotopic (exact) mass is 434 g/mol. The Hall–Kier alpha value is -0.930. The van der Waals surface area contributed by atoms with Gasteiger partial charge < -0.3 is 15.2 Å². The molecule has 3 aliphatic rings. The molecule has 2 heterocycles. The lowest BCUT2D eigenvalue weighted by Crippen LogP contribution is -2.40. The number of allylic oxidation sites excluding steroid dienone is 2. The highest BCUT2D eigenvalue weighted by Gasteiger charge is 2.46. The van der Waals surface area contributed by atoms with E-state index in [1.165, 1.54) is 0 Å². The number of carbonyl (C=O) groups is 1. The van der Waals surface area contributed by atoms with Crippen LogP contribution in [-0.2, 0) is 0 Å². The highest BCUT2D eigenvalue weighted by molar-refractivity contribution is 14.1. The van der Waals surface area contributed by atoms with Crippen LogP contribution in [0.5, 0.6) is 0 Å². The topological polar surface area (TPSA) is 76.9 Å². The number of nitrogens with zero attached hydrogens (tertiary/aromatic N) is 3. The maximum atomic E-state index is 10.5. The summed E-state index contributed by atoms with van der Waals surface area (Å²) in [6.45, 7) is 0.474. The summed E-state index contributed by atoms with van der Waals surface area (Å²) in [6, 6.07) is 0. The molecule has 1 saturated carbocycles. The number of aliphatic imine (C=N–C) groups is 2. The van der Waals surface area contributed by atoms with Gasteiger partial charge in [-0.3, -0.25) is 4.99 Å². The van der Waals surface area contributed by atoms with E-state index in [1.807, 2.05) is 6.20 Å². The van der Waals surface area contributed by atoms with Crippen molar-refractivity contribution in [2.45, 2.75) is 25.7 Å². The molecule has 22 heavy (non-hydrogen) atoms. The first-order valence-corrected chi connectivity index (χ1v) is 8.66. The summed E-state index contributed by atoms with van der Waals surface area (Å²) in [5.74, 6) is 0.732. The summed E-state index contributed by atoms with van der Waals surface area (Å²) in [5, 5.41) is 12.8. The molecule has 1 unspecified atom stereocenters. The van der Waals surface area contributed by atoms with Gasteiger partial charge in [-0.15, -0.1) is 4.00 Å². The molecule has 1 amide bonds. The van der Waals surface area contributed by atoms with Crippen molar-refractivity contribution in [1.29, 1.82) is 0 Å². The number of carboxylic acid groups (broad SMARTS) is 1. The highest BCUT2D eigenvalue weighted by Crippen LogP contribution is 2.43. The van der Waals surface area contributed by atoms with Crippen LogP contribution in [0.2, 0.25) is 0 Å². The normalized spacial score (nSPS) is 33.6. The van der Waals surface area contributed by atoms with Gasteiger partial charge in [0.25, 0.3) is 3.84 Å². The van der Waals surface area contributed by atoms with Crippen molar-refractivity contribution in [2.24, 2.45) is 21.8 Å². The first-order valence-electron chi connectivity index (χ1n) is 7.24. The predicted octanol–water partition coefficient (Wildman–Crippen LogP) is 2.27. The summed E-state index contributed by atoms with van der Waals surface area (Å²) in [7, 11) is 0. The largest absolute Gasteiger partial charge is 0.530 e. The minimum atomic E-state index is -1.20. The van der Waals surface area contributed by atoms with E-state index in [-0.39, 0.29) is 4.00 Å². The van der Waals surface area contributed by atoms with Crippen LogP contribution in [0.4, 0.5) is 4.79 Å². The van der Waals surface area contributed by atoms with Gasteiger partial charge in [-0.1, -0.05) is 0 Å². The number of carbonyl (C=O) groups excluding carboxylic acids is 1. The number of hydrogen-bond acceptors (Lipinski definition) is 4. The number of nitrogens with one attached hydrogen (secondary N) is 1. The molecule has 0 bridgehead atoms. The summed E-state index contributed by atoms with van der Waals surface area (Å²) in [4.78, 5) is 19.3. The fraction of sp³-hybridized carbons (Fsp3) is 0.500. The van der Waals surface area contributed by atoms with Crippen LogP contribution in [0.1, 0.15) is 25.7 Å². The third-order valence-corrected chi connectivity index (χ3v) is 6.16. The second kappa shape index (κ2) is 6.29. The second-order valence-corrected chi connectivity index (χ2v) is 7.25. The van der Waals surface area contributed by atoms with Crippen LogP contribution in [0.3, 0.4) is 0 Å². The Balaban J connectivity index is 1.69. The third kappa shape index (κ3) is 2.93. The zero-order valence-electron chi connectivity index (χ0n) is 11.8. The molecule has 1 N–H and O–H groups in total. The van der Waals surface area contributed by atoms with Gasteiger partial charge in [-0.2, -0.15) is 4.99 Å².